The van der Waals surface area contributed by atoms with Gasteiger partial charge in [0.15, 0.2) is 0 Å². The number of nitrogens with zero attached hydrogens (tertiary/aromatic N) is 3. The summed E-state index contributed by atoms with van der Waals surface area (Å²) in [7, 11) is 0. The third kappa shape index (κ3) is 3.69. The molecule has 1 saturated heterocycles. The molecule has 0 saturated carbocycles. The Morgan fingerprint density at radius 3 is 2.77 bits per heavy atom. The average molecular weight is 337 g/mol. The van der Waals surface area contributed by atoms with Crippen molar-refractivity contribution in [2.75, 3.05) is 18.4 Å². The van der Waals surface area contributed by atoms with Crippen LogP contribution < -0.4 is 5.32 Å². The molecule has 6 heteroatoms. The van der Waals surface area contributed by atoms with Gasteiger partial charge < -0.3 is 5.32 Å². The first kappa shape index (κ1) is 15.5. The summed E-state index contributed by atoms with van der Waals surface area (Å²) in [5, 5.41) is 4.85. The molecule has 0 spiro atoms. The van der Waals surface area contributed by atoms with E-state index in [9.17, 15) is 0 Å². The van der Waals surface area contributed by atoms with Crippen LogP contribution in [0.1, 0.15) is 17.7 Å². The zero-order chi connectivity index (χ0) is 15.5. The minimum absolute atomic E-state index is 0.350. The molecule has 0 bridgehead atoms. The second kappa shape index (κ2) is 6.82. The molecule has 22 heavy (non-hydrogen) atoms. The molecule has 116 valence electrons. The fourth-order valence-electron chi connectivity index (χ4n) is 2.70. The van der Waals surface area contributed by atoms with Crippen LogP contribution >= 0.6 is 23.2 Å². The number of likely N-dealkylation sites (tertiary alicyclic amines) is 1. The molecule has 3 rings (SSSR count). The number of rotatable bonds is 4. The minimum atomic E-state index is 0.350. The molecule has 2 heterocycles. The number of benzene rings is 1. The van der Waals surface area contributed by atoms with Crippen molar-refractivity contribution in [3.8, 4) is 0 Å². The van der Waals surface area contributed by atoms with E-state index in [-0.39, 0.29) is 0 Å². The van der Waals surface area contributed by atoms with Crippen molar-refractivity contribution in [3.05, 3.63) is 51.8 Å². The maximum Gasteiger partial charge on any atom is 0.223 e. The average Bonchev–Trinajstić information content (AvgIpc) is 2.90. The standard InChI is InChI=1S/C16H18Cl2N4/c1-11-5-7-19-16(20-11)21-12-6-8-22(9-12)10-13-14(17)3-2-4-15(13)18/h2-5,7,12H,6,8-10H2,1H3,(H,19,20,21). The van der Waals surface area contributed by atoms with Gasteiger partial charge in [-0.25, -0.2) is 9.97 Å². The molecule has 1 N–H and O–H groups in total. The van der Waals surface area contributed by atoms with E-state index in [1.165, 1.54) is 0 Å². The maximum atomic E-state index is 6.24. The van der Waals surface area contributed by atoms with E-state index in [4.69, 9.17) is 23.2 Å². The zero-order valence-corrected chi connectivity index (χ0v) is 13.9. The van der Waals surface area contributed by atoms with Crippen molar-refractivity contribution in [3.63, 3.8) is 0 Å². The van der Waals surface area contributed by atoms with Crippen molar-refractivity contribution in [2.24, 2.45) is 0 Å². The van der Waals surface area contributed by atoms with E-state index < -0.39 is 0 Å². The molecule has 1 fully saturated rings. The number of hydrogen-bond donors (Lipinski definition) is 1. The fraction of sp³-hybridized carbons (Fsp3) is 0.375. The highest BCUT2D eigenvalue weighted by Gasteiger charge is 2.24. The summed E-state index contributed by atoms with van der Waals surface area (Å²) in [4.78, 5) is 11.0. The maximum absolute atomic E-state index is 6.24. The van der Waals surface area contributed by atoms with E-state index >= 15 is 0 Å². The first-order valence-corrected chi connectivity index (χ1v) is 8.09. The zero-order valence-electron chi connectivity index (χ0n) is 12.4. The third-order valence-corrected chi connectivity index (χ3v) is 4.55. The Balaban J connectivity index is 1.61. The van der Waals surface area contributed by atoms with Crippen LogP contribution in [-0.2, 0) is 6.54 Å². The van der Waals surface area contributed by atoms with Gasteiger partial charge in [-0.05, 0) is 31.5 Å². The predicted molar refractivity (Wildman–Crippen MR) is 90.5 cm³/mol. The number of anilines is 1. The van der Waals surface area contributed by atoms with Crippen molar-refractivity contribution in [2.45, 2.75) is 25.9 Å². The topological polar surface area (TPSA) is 41.1 Å². The van der Waals surface area contributed by atoms with Gasteiger partial charge in [-0.15, -0.1) is 0 Å². The molecular formula is C16H18Cl2N4. The van der Waals surface area contributed by atoms with Gasteiger partial charge in [0.2, 0.25) is 5.95 Å². The summed E-state index contributed by atoms with van der Waals surface area (Å²) in [5.74, 6) is 0.697. The number of halogens is 2. The highest BCUT2D eigenvalue weighted by molar-refractivity contribution is 6.35. The van der Waals surface area contributed by atoms with Crippen molar-refractivity contribution >= 4 is 29.2 Å². The van der Waals surface area contributed by atoms with Crippen molar-refractivity contribution in [1.82, 2.24) is 14.9 Å². The van der Waals surface area contributed by atoms with Crippen LogP contribution in [-0.4, -0.2) is 34.0 Å². The molecule has 1 aromatic heterocycles. The lowest BCUT2D eigenvalue weighted by Gasteiger charge is -2.18. The SMILES string of the molecule is Cc1ccnc(NC2CCN(Cc3c(Cl)cccc3Cl)C2)n1. The second-order valence-corrected chi connectivity index (χ2v) is 6.40. The summed E-state index contributed by atoms with van der Waals surface area (Å²) in [6, 6.07) is 7.89. The van der Waals surface area contributed by atoms with Crippen LogP contribution in [0.5, 0.6) is 0 Å². The van der Waals surface area contributed by atoms with E-state index in [0.29, 0.717) is 12.0 Å². The predicted octanol–water partition coefficient (Wildman–Crippen LogP) is 3.78. The van der Waals surface area contributed by atoms with Crippen molar-refractivity contribution in [1.29, 1.82) is 0 Å². The largest absolute Gasteiger partial charge is 0.350 e. The van der Waals surface area contributed by atoms with Gasteiger partial charge in [0, 0.05) is 53.2 Å². The summed E-state index contributed by atoms with van der Waals surface area (Å²) in [5.41, 5.74) is 1.97. The molecule has 1 atom stereocenters. The highest BCUT2D eigenvalue weighted by Crippen LogP contribution is 2.27. The Morgan fingerprint density at radius 2 is 2.05 bits per heavy atom. The van der Waals surface area contributed by atoms with Gasteiger partial charge in [-0.1, -0.05) is 29.3 Å². The van der Waals surface area contributed by atoms with Crippen LogP contribution in [0.4, 0.5) is 5.95 Å². The molecule has 1 aromatic carbocycles. The minimum Gasteiger partial charge on any atom is -0.350 e. The molecule has 1 aliphatic heterocycles. The summed E-state index contributed by atoms with van der Waals surface area (Å²) in [6.45, 7) is 4.67. The Hall–Kier alpha value is -1.36. The second-order valence-electron chi connectivity index (χ2n) is 5.59. The van der Waals surface area contributed by atoms with Gasteiger partial charge in [-0.3, -0.25) is 4.90 Å². The summed E-state index contributed by atoms with van der Waals surface area (Å²) in [6.07, 6.45) is 2.83. The molecule has 0 amide bonds. The summed E-state index contributed by atoms with van der Waals surface area (Å²) < 4.78 is 0. The normalized spacial score (nSPS) is 18.6. The lowest BCUT2D eigenvalue weighted by Crippen LogP contribution is -2.26. The van der Waals surface area contributed by atoms with Crippen LogP contribution in [0.15, 0.2) is 30.5 Å². The number of hydrogen-bond acceptors (Lipinski definition) is 4. The van der Waals surface area contributed by atoms with E-state index in [2.05, 4.69) is 20.2 Å². The third-order valence-electron chi connectivity index (χ3n) is 3.84. The highest BCUT2D eigenvalue weighted by atomic mass is 35.5. The van der Waals surface area contributed by atoms with Crippen molar-refractivity contribution < 1.29 is 0 Å². The first-order chi connectivity index (χ1) is 10.6. The van der Waals surface area contributed by atoms with Crippen LogP contribution in [0.2, 0.25) is 10.0 Å². The van der Waals surface area contributed by atoms with Gasteiger partial charge >= 0.3 is 0 Å². The lowest BCUT2D eigenvalue weighted by molar-refractivity contribution is 0.328. The van der Waals surface area contributed by atoms with Gasteiger partial charge in [-0.2, -0.15) is 0 Å². The molecule has 0 radical (unpaired) electrons. The molecule has 1 unspecified atom stereocenters. The van der Waals surface area contributed by atoms with E-state index in [1.54, 1.807) is 6.20 Å². The Morgan fingerprint density at radius 1 is 1.27 bits per heavy atom. The van der Waals surface area contributed by atoms with E-state index in [1.807, 2.05) is 31.2 Å². The van der Waals surface area contributed by atoms with Gasteiger partial charge in [0.1, 0.15) is 0 Å². The Labute approximate surface area is 140 Å². The van der Waals surface area contributed by atoms with Crippen LogP contribution in [0.25, 0.3) is 0 Å². The lowest BCUT2D eigenvalue weighted by atomic mass is 10.2. The Kier molecular flexibility index (Phi) is 4.81. The monoisotopic (exact) mass is 336 g/mol. The molecule has 0 aliphatic carbocycles. The molecule has 2 aromatic rings. The first-order valence-electron chi connectivity index (χ1n) is 7.33. The van der Waals surface area contributed by atoms with Crippen LogP contribution in [0.3, 0.4) is 0 Å². The number of nitrogens with one attached hydrogen (secondary N) is 1. The number of aromatic nitrogens is 2. The molecule has 4 nitrogen and oxygen atoms in total. The Bertz CT molecular complexity index is 642. The fourth-order valence-corrected chi connectivity index (χ4v) is 3.22. The molecular weight excluding hydrogens is 319 g/mol. The smallest absolute Gasteiger partial charge is 0.223 e. The molecule has 1 aliphatic rings. The number of aryl methyl sites for hydroxylation is 1. The quantitative estimate of drug-likeness (QED) is 0.922. The van der Waals surface area contributed by atoms with E-state index in [0.717, 1.165) is 47.4 Å². The van der Waals surface area contributed by atoms with Crippen LogP contribution in [0, 0.1) is 6.92 Å². The summed E-state index contributed by atoms with van der Waals surface area (Å²) >= 11 is 12.5. The van der Waals surface area contributed by atoms with Gasteiger partial charge in [0.25, 0.3) is 0 Å². The van der Waals surface area contributed by atoms with Gasteiger partial charge in [0.05, 0.1) is 0 Å².